The molecule has 0 radical (unpaired) electrons. The lowest BCUT2D eigenvalue weighted by Crippen LogP contribution is -2.55. The number of hydrogen-bond acceptors (Lipinski definition) is 10. The molecule has 2 aromatic rings. The van der Waals surface area contributed by atoms with Crippen molar-refractivity contribution in [2.24, 2.45) is 0 Å². The number of nitrogens with one attached hydrogen (secondary N) is 3. The number of terminal acetylenes is 1. The van der Waals surface area contributed by atoms with Crippen molar-refractivity contribution in [3.05, 3.63) is 30.0 Å². The van der Waals surface area contributed by atoms with E-state index in [4.69, 9.17) is 20.9 Å². The van der Waals surface area contributed by atoms with Gasteiger partial charge in [-0.15, -0.1) is 12.3 Å². The van der Waals surface area contributed by atoms with Crippen LogP contribution in [0.15, 0.2) is 24.4 Å². The fourth-order valence-corrected chi connectivity index (χ4v) is 7.11. The van der Waals surface area contributed by atoms with Gasteiger partial charge in [0, 0.05) is 70.5 Å². The summed E-state index contributed by atoms with van der Waals surface area (Å²) in [7, 11) is 3.39. The van der Waals surface area contributed by atoms with Crippen LogP contribution in [0.1, 0.15) is 81.5 Å². The van der Waals surface area contributed by atoms with Crippen LogP contribution in [-0.2, 0) is 9.53 Å². The maximum atomic E-state index is 13.2. The Morgan fingerprint density at radius 2 is 1.88 bits per heavy atom. The number of fused-ring (bicyclic) bond motifs is 1. The van der Waals surface area contributed by atoms with Gasteiger partial charge in [0.1, 0.15) is 17.5 Å². The molecule has 5 rings (SSSR count). The molecule has 12 heteroatoms. The Hall–Kier alpha value is -3.92. The van der Waals surface area contributed by atoms with E-state index >= 15 is 0 Å². The van der Waals surface area contributed by atoms with E-state index < -0.39 is 0 Å². The Kier molecular flexibility index (Phi) is 13.5. The van der Waals surface area contributed by atoms with Gasteiger partial charge in [0.15, 0.2) is 5.82 Å². The molecule has 3 heterocycles. The molecule has 1 aromatic carbocycles. The number of anilines is 4. The topological polar surface area (TPSA) is 124 Å². The number of aromatic nitrogens is 2. The second kappa shape index (κ2) is 18.2. The number of unbranched alkanes of at least 4 members (excludes halogenated alkanes) is 1. The second-order valence-corrected chi connectivity index (χ2v) is 13.2. The second-order valence-electron chi connectivity index (χ2n) is 13.2. The quantitative estimate of drug-likeness (QED) is 0.165. The van der Waals surface area contributed by atoms with Crippen molar-refractivity contribution < 1.29 is 19.1 Å². The molecule has 0 unspecified atom stereocenters. The lowest BCUT2D eigenvalue weighted by Gasteiger charge is -2.43. The Morgan fingerprint density at radius 1 is 1.10 bits per heavy atom. The zero-order valence-electron chi connectivity index (χ0n) is 29.5. The fraction of sp³-hybridized carbons (Fsp3) is 0.622. The molecule has 0 bridgehead atoms. The van der Waals surface area contributed by atoms with E-state index in [0.717, 1.165) is 115 Å². The highest BCUT2D eigenvalue weighted by Crippen LogP contribution is 2.40. The first-order chi connectivity index (χ1) is 23.9. The van der Waals surface area contributed by atoms with Crippen molar-refractivity contribution in [3.8, 4) is 18.1 Å². The minimum Gasteiger partial charge on any atom is -0.495 e. The monoisotopic (exact) mass is 674 g/mol. The summed E-state index contributed by atoms with van der Waals surface area (Å²) in [5.41, 5.74) is 1.92. The number of benzene rings is 1. The molecule has 1 aromatic heterocycles. The van der Waals surface area contributed by atoms with Gasteiger partial charge in [-0.3, -0.25) is 9.59 Å². The molecule has 2 fully saturated rings. The lowest BCUT2D eigenvalue weighted by atomic mass is 10.0. The van der Waals surface area contributed by atoms with E-state index in [0.29, 0.717) is 29.4 Å². The molecular weight excluding hydrogens is 620 g/mol. The first kappa shape index (κ1) is 36.4. The number of carbonyl (C=O) groups is 2. The predicted molar refractivity (Wildman–Crippen MR) is 194 cm³/mol. The van der Waals surface area contributed by atoms with Crippen LogP contribution in [0.4, 0.5) is 23.1 Å². The van der Waals surface area contributed by atoms with Crippen LogP contribution in [-0.4, -0.2) is 105 Å². The highest BCUT2D eigenvalue weighted by atomic mass is 16.5. The van der Waals surface area contributed by atoms with E-state index in [1.807, 2.05) is 6.07 Å². The normalized spacial score (nSPS) is 18.7. The van der Waals surface area contributed by atoms with E-state index in [9.17, 15) is 9.59 Å². The summed E-state index contributed by atoms with van der Waals surface area (Å²) < 4.78 is 11.3. The van der Waals surface area contributed by atoms with Gasteiger partial charge in [-0.2, -0.15) is 4.98 Å². The van der Waals surface area contributed by atoms with Crippen molar-refractivity contribution in [3.63, 3.8) is 0 Å². The molecule has 1 atom stereocenters. The zero-order chi connectivity index (χ0) is 34.6. The first-order valence-electron chi connectivity index (χ1n) is 18.1. The summed E-state index contributed by atoms with van der Waals surface area (Å²) in [6.07, 6.45) is 16.6. The third kappa shape index (κ3) is 9.41. The average molecular weight is 675 g/mol. The average Bonchev–Trinajstić information content (AvgIpc) is 3.66. The van der Waals surface area contributed by atoms with Crippen LogP contribution >= 0.6 is 0 Å². The minimum absolute atomic E-state index is 0.0845. The molecule has 266 valence electrons. The summed E-state index contributed by atoms with van der Waals surface area (Å²) >= 11 is 0. The zero-order valence-corrected chi connectivity index (χ0v) is 29.5. The molecule has 1 saturated carbocycles. The lowest BCUT2D eigenvalue weighted by molar-refractivity contribution is -0.120. The number of hydrogen-bond donors (Lipinski definition) is 3. The fourth-order valence-electron chi connectivity index (χ4n) is 7.11. The summed E-state index contributed by atoms with van der Waals surface area (Å²) in [5.74, 6) is 4.33. The number of methoxy groups -OCH3 is 1. The Labute approximate surface area is 291 Å². The van der Waals surface area contributed by atoms with Crippen LogP contribution in [0.3, 0.4) is 0 Å². The molecule has 2 amide bonds. The molecule has 1 saturated heterocycles. The molecule has 12 nitrogen and oxygen atoms in total. The SMILES string of the molecule is C#CCCCOCCCNCCN1CCC(NC(=O)c2ccc(Nc3ncc4c(n3)N(C3CCCC3)[C@H](CC)C(=O)N4C)c(OC)c2)CC1. The van der Waals surface area contributed by atoms with Crippen LogP contribution in [0.2, 0.25) is 0 Å². The van der Waals surface area contributed by atoms with Crippen molar-refractivity contribution in [2.75, 3.05) is 75.2 Å². The number of likely N-dealkylation sites (tertiary alicyclic amines) is 1. The third-order valence-electron chi connectivity index (χ3n) is 9.90. The number of likely N-dealkylation sites (N-methyl/N-ethyl adjacent to an activating group) is 1. The van der Waals surface area contributed by atoms with Crippen molar-refractivity contribution in [2.45, 2.75) is 89.3 Å². The smallest absolute Gasteiger partial charge is 0.251 e. The van der Waals surface area contributed by atoms with Gasteiger partial charge in [-0.05, 0) is 69.7 Å². The number of rotatable bonds is 17. The molecule has 2 aliphatic heterocycles. The molecule has 3 N–H and O–H groups in total. The van der Waals surface area contributed by atoms with Crippen LogP contribution in [0, 0.1) is 12.3 Å². The van der Waals surface area contributed by atoms with E-state index in [1.165, 1.54) is 0 Å². The summed E-state index contributed by atoms with van der Waals surface area (Å²) in [5, 5.41) is 10.0. The first-order valence-corrected chi connectivity index (χ1v) is 18.1. The molecule has 0 spiro atoms. The van der Waals surface area contributed by atoms with Crippen LogP contribution < -0.4 is 30.5 Å². The van der Waals surface area contributed by atoms with Gasteiger partial charge >= 0.3 is 0 Å². The van der Waals surface area contributed by atoms with Gasteiger partial charge in [-0.1, -0.05) is 19.8 Å². The number of carbonyl (C=O) groups excluding carboxylic acids is 2. The highest BCUT2D eigenvalue weighted by molar-refractivity contribution is 6.04. The van der Waals surface area contributed by atoms with Gasteiger partial charge in [0.05, 0.1) is 19.0 Å². The maximum absolute atomic E-state index is 13.2. The molecule has 3 aliphatic rings. The van der Waals surface area contributed by atoms with Gasteiger partial charge in [-0.25, -0.2) is 4.98 Å². The highest BCUT2D eigenvalue weighted by Gasteiger charge is 2.41. The third-order valence-corrected chi connectivity index (χ3v) is 9.90. The van der Waals surface area contributed by atoms with E-state index in [-0.39, 0.29) is 29.9 Å². The molecule has 1 aliphatic carbocycles. The Bertz CT molecular complexity index is 1430. The van der Waals surface area contributed by atoms with Crippen LogP contribution in [0.5, 0.6) is 5.75 Å². The number of piperidine rings is 1. The Morgan fingerprint density at radius 3 is 2.61 bits per heavy atom. The maximum Gasteiger partial charge on any atom is 0.251 e. The molecular formula is C37H54N8O4. The summed E-state index contributed by atoms with van der Waals surface area (Å²) in [4.78, 5) is 42.3. The summed E-state index contributed by atoms with van der Waals surface area (Å²) in [6.45, 7) is 8.35. The standard InChI is InChI=1S/C37H54N8O4/c1-5-7-10-23-49-24-11-18-38-19-22-44-20-16-28(17-21-44)40-35(46)27-14-15-30(33(25-27)48-4)41-37-39-26-32-34(42-37)45(29-12-8-9-13-29)31(6-2)36(47)43(32)3/h1,14-15,25-26,28-29,31,38H,6-13,16-24H2,2-4H3,(H,40,46)(H,39,41,42)/t31-/m1/s1. The number of ether oxygens (including phenoxy) is 2. The van der Waals surface area contributed by atoms with Crippen molar-refractivity contribution in [1.82, 2.24) is 25.5 Å². The van der Waals surface area contributed by atoms with E-state index in [2.05, 4.69) is 43.6 Å². The van der Waals surface area contributed by atoms with Gasteiger partial charge in [0.2, 0.25) is 11.9 Å². The largest absolute Gasteiger partial charge is 0.495 e. The molecule has 49 heavy (non-hydrogen) atoms. The van der Waals surface area contributed by atoms with Crippen molar-refractivity contribution >= 4 is 35.0 Å². The van der Waals surface area contributed by atoms with E-state index in [1.54, 1.807) is 37.4 Å². The Balaban J connectivity index is 1.11. The minimum atomic E-state index is -0.240. The summed E-state index contributed by atoms with van der Waals surface area (Å²) in [6, 6.07) is 5.57. The van der Waals surface area contributed by atoms with Crippen molar-refractivity contribution in [1.29, 1.82) is 0 Å². The number of amides is 2. The predicted octanol–water partition coefficient (Wildman–Crippen LogP) is 4.34. The van der Waals surface area contributed by atoms with Gasteiger partial charge < -0.3 is 40.1 Å². The number of nitrogens with zero attached hydrogens (tertiary/aromatic N) is 5. The van der Waals surface area contributed by atoms with Gasteiger partial charge in [0.25, 0.3) is 5.91 Å². The van der Waals surface area contributed by atoms with Crippen LogP contribution in [0.25, 0.3) is 0 Å².